The minimum absolute atomic E-state index is 0.391. The van der Waals surface area contributed by atoms with Gasteiger partial charge < -0.3 is 5.32 Å². The molecule has 2 atom stereocenters. The van der Waals surface area contributed by atoms with Gasteiger partial charge in [0.05, 0.1) is 0 Å². The van der Waals surface area contributed by atoms with Crippen LogP contribution < -0.4 is 5.32 Å². The third-order valence-corrected chi connectivity index (χ3v) is 3.19. The summed E-state index contributed by atoms with van der Waals surface area (Å²) in [6.45, 7) is 8.12. The largest absolute Gasteiger partial charge is 0.304 e. The molecule has 0 aliphatic heterocycles. The van der Waals surface area contributed by atoms with E-state index in [-0.39, 0.29) is 0 Å². The zero-order valence-corrected chi connectivity index (χ0v) is 9.59. The van der Waals surface area contributed by atoms with Crippen molar-refractivity contribution in [3.63, 3.8) is 0 Å². The average Bonchev–Trinajstić information content (AvgIpc) is 2.60. The third-order valence-electron chi connectivity index (χ3n) is 3.19. The fraction of sp³-hybridized carbons (Fsp3) is 0.429. The van der Waals surface area contributed by atoms with Gasteiger partial charge in [-0.1, -0.05) is 29.8 Å². The molecule has 0 fully saturated rings. The summed E-state index contributed by atoms with van der Waals surface area (Å²) >= 11 is 0. The Kier molecular flexibility index (Phi) is 2.92. The predicted octanol–water partition coefficient (Wildman–Crippen LogP) is 3.15. The predicted molar refractivity (Wildman–Crippen MR) is 65.0 cm³/mol. The molecule has 0 spiro atoms. The Hall–Kier alpha value is -1.08. The maximum Gasteiger partial charge on any atom is 0.0331 e. The number of nitrogens with one attached hydrogen (secondary N) is 1. The zero-order chi connectivity index (χ0) is 10.8. The summed E-state index contributed by atoms with van der Waals surface area (Å²) in [6, 6.07) is 7.70. The summed E-state index contributed by atoms with van der Waals surface area (Å²) in [6.07, 6.45) is 4.39. The first kappa shape index (κ1) is 10.4. The van der Waals surface area contributed by atoms with Crippen LogP contribution in [-0.4, -0.2) is 6.04 Å². The van der Waals surface area contributed by atoms with Crippen LogP contribution in [0.25, 0.3) is 0 Å². The summed E-state index contributed by atoms with van der Waals surface area (Å²) in [5.41, 5.74) is 4.37. The van der Waals surface area contributed by atoms with Crippen molar-refractivity contribution in [2.45, 2.75) is 38.8 Å². The van der Waals surface area contributed by atoms with E-state index < -0.39 is 0 Å². The van der Waals surface area contributed by atoms with Crippen LogP contribution in [0.5, 0.6) is 0 Å². The van der Waals surface area contributed by atoms with Gasteiger partial charge in [0.2, 0.25) is 0 Å². The highest BCUT2D eigenvalue weighted by Crippen LogP contribution is 2.31. The summed E-state index contributed by atoms with van der Waals surface area (Å²) in [5.74, 6) is 0. The van der Waals surface area contributed by atoms with E-state index >= 15 is 0 Å². The second kappa shape index (κ2) is 4.19. The molecule has 0 bridgehead atoms. The van der Waals surface area contributed by atoms with E-state index in [9.17, 15) is 0 Å². The van der Waals surface area contributed by atoms with Gasteiger partial charge in [-0.2, -0.15) is 0 Å². The van der Waals surface area contributed by atoms with E-state index in [1.54, 1.807) is 0 Å². The molecule has 0 radical (unpaired) electrons. The maximum atomic E-state index is 3.81. The molecule has 0 heterocycles. The van der Waals surface area contributed by atoms with Crippen molar-refractivity contribution in [1.82, 2.24) is 5.32 Å². The molecule has 0 amide bonds. The van der Waals surface area contributed by atoms with Crippen LogP contribution in [0.1, 0.15) is 36.1 Å². The second-order valence-corrected chi connectivity index (χ2v) is 4.48. The Balaban J connectivity index is 2.18. The van der Waals surface area contributed by atoms with Crippen molar-refractivity contribution in [1.29, 1.82) is 0 Å². The molecule has 1 nitrogen and oxygen atoms in total. The number of hydrogen-bond acceptors (Lipinski definition) is 1. The van der Waals surface area contributed by atoms with Crippen LogP contribution in [0.3, 0.4) is 0 Å². The van der Waals surface area contributed by atoms with Crippen LogP contribution in [0.4, 0.5) is 0 Å². The first-order chi connectivity index (χ1) is 7.20. The fourth-order valence-corrected chi connectivity index (χ4v) is 2.30. The highest BCUT2D eigenvalue weighted by atomic mass is 14.9. The second-order valence-electron chi connectivity index (χ2n) is 4.48. The minimum atomic E-state index is 0.391. The molecular formula is C14H19N. The maximum absolute atomic E-state index is 3.81. The Bertz CT molecular complexity index is 368. The van der Waals surface area contributed by atoms with E-state index in [1.165, 1.54) is 29.5 Å². The monoisotopic (exact) mass is 201 g/mol. The lowest BCUT2D eigenvalue weighted by Gasteiger charge is -2.17. The molecule has 0 aromatic heterocycles. The first-order valence-electron chi connectivity index (χ1n) is 5.68. The molecular weight excluding hydrogens is 182 g/mol. The fourth-order valence-electron chi connectivity index (χ4n) is 2.30. The van der Waals surface area contributed by atoms with E-state index in [0.717, 1.165) is 0 Å². The van der Waals surface area contributed by atoms with Crippen LogP contribution in [0, 0.1) is 6.92 Å². The summed E-state index contributed by atoms with van der Waals surface area (Å²) < 4.78 is 0. The van der Waals surface area contributed by atoms with Crippen molar-refractivity contribution in [2.75, 3.05) is 0 Å². The number of aryl methyl sites for hydroxylation is 2. The normalized spacial score (nSPS) is 21.1. The average molecular weight is 201 g/mol. The van der Waals surface area contributed by atoms with Crippen LogP contribution in [-0.2, 0) is 6.42 Å². The Morgan fingerprint density at radius 2 is 2.33 bits per heavy atom. The van der Waals surface area contributed by atoms with Crippen molar-refractivity contribution >= 4 is 0 Å². The molecule has 2 rings (SSSR count). The molecule has 15 heavy (non-hydrogen) atoms. The van der Waals surface area contributed by atoms with Crippen LogP contribution in [0.2, 0.25) is 0 Å². The van der Waals surface area contributed by atoms with E-state index in [0.29, 0.717) is 12.1 Å². The lowest BCUT2D eigenvalue weighted by Crippen LogP contribution is -2.27. The molecule has 1 aromatic rings. The molecule has 1 aliphatic rings. The quantitative estimate of drug-likeness (QED) is 0.741. The van der Waals surface area contributed by atoms with Gasteiger partial charge in [-0.25, -0.2) is 0 Å². The molecule has 80 valence electrons. The van der Waals surface area contributed by atoms with Gasteiger partial charge in [-0.3, -0.25) is 0 Å². The third kappa shape index (κ3) is 2.13. The van der Waals surface area contributed by atoms with E-state index in [4.69, 9.17) is 0 Å². The van der Waals surface area contributed by atoms with Gasteiger partial charge in [0.25, 0.3) is 0 Å². The van der Waals surface area contributed by atoms with Gasteiger partial charge in [-0.05, 0) is 37.8 Å². The highest BCUT2D eigenvalue weighted by molar-refractivity contribution is 5.37. The van der Waals surface area contributed by atoms with Crippen molar-refractivity contribution in [3.8, 4) is 0 Å². The number of benzene rings is 1. The van der Waals surface area contributed by atoms with E-state index in [1.807, 2.05) is 6.08 Å². The molecule has 1 heteroatoms. The molecule has 0 saturated carbocycles. The van der Waals surface area contributed by atoms with Crippen molar-refractivity contribution in [2.24, 2.45) is 0 Å². The first-order valence-corrected chi connectivity index (χ1v) is 5.68. The lowest BCUT2D eigenvalue weighted by atomic mass is 10.0. The van der Waals surface area contributed by atoms with Gasteiger partial charge in [0.1, 0.15) is 0 Å². The van der Waals surface area contributed by atoms with Crippen molar-refractivity contribution < 1.29 is 0 Å². The summed E-state index contributed by atoms with van der Waals surface area (Å²) in [7, 11) is 0. The molecule has 1 aliphatic carbocycles. The molecule has 1 aromatic carbocycles. The lowest BCUT2D eigenvalue weighted by molar-refractivity contribution is 0.500. The smallest absolute Gasteiger partial charge is 0.0331 e. The van der Waals surface area contributed by atoms with Gasteiger partial charge >= 0.3 is 0 Å². The Labute approximate surface area is 92.2 Å². The summed E-state index contributed by atoms with van der Waals surface area (Å²) in [5, 5.41) is 3.59. The summed E-state index contributed by atoms with van der Waals surface area (Å²) in [4.78, 5) is 0. The standard InChI is InChI=1S/C14H19N/c1-4-11(3)15-14-8-6-12-9-10(2)5-7-13(12)14/h4-5,7,9,11,14-15H,1,6,8H2,2-3H3. The molecule has 1 N–H and O–H groups in total. The minimum Gasteiger partial charge on any atom is -0.304 e. The molecule has 0 saturated heterocycles. The Morgan fingerprint density at radius 3 is 3.07 bits per heavy atom. The SMILES string of the molecule is C=CC(C)NC1CCc2cc(C)ccc21. The number of rotatable bonds is 3. The Morgan fingerprint density at radius 1 is 1.53 bits per heavy atom. The van der Waals surface area contributed by atoms with Crippen LogP contribution in [0.15, 0.2) is 30.9 Å². The number of hydrogen-bond donors (Lipinski definition) is 1. The van der Waals surface area contributed by atoms with Gasteiger partial charge in [0.15, 0.2) is 0 Å². The zero-order valence-electron chi connectivity index (χ0n) is 9.59. The molecule has 2 unspecified atom stereocenters. The van der Waals surface area contributed by atoms with Gasteiger partial charge in [-0.15, -0.1) is 6.58 Å². The number of fused-ring (bicyclic) bond motifs is 1. The van der Waals surface area contributed by atoms with Crippen molar-refractivity contribution in [3.05, 3.63) is 47.5 Å². The highest BCUT2D eigenvalue weighted by Gasteiger charge is 2.22. The topological polar surface area (TPSA) is 12.0 Å². The van der Waals surface area contributed by atoms with Crippen LogP contribution >= 0.6 is 0 Å². The van der Waals surface area contributed by atoms with E-state index in [2.05, 4.69) is 43.9 Å². The van der Waals surface area contributed by atoms with Gasteiger partial charge in [0, 0.05) is 12.1 Å².